The van der Waals surface area contributed by atoms with E-state index in [1.807, 2.05) is 63.2 Å². The van der Waals surface area contributed by atoms with Gasteiger partial charge in [0.15, 0.2) is 16.1 Å². The zero-order valence-electron chi connectivity index (χ0n) is 24.6. The Labute approximate surface area is 250 Å². The maximum atomic E-state index is 13.1. The van der Waals surface area contributed by atoms with E-state index in [1.165, 1.54) is 6.07 Å². The van der Waals surface area contributed by atoms with Crippen molar-refractivity contribution in [1.82, 2.24) is 4.90 Å². The largest absolute Gasteiger partial charge is 0.493 e. The average molecular weight is 620 g/mol. The highest BCUT2D eigenvalue weighted by molar-refractivity contribution is 7.90. The van der Waals surface area contributed by atoms with Gasteiger partial charge in [0.1, 0.15) is 17.1 Å². The van der Waals surface area contributed by atoms with Crippen LogP contribution in [0.25, 0.3) is 11.1 Å². The molecule has 0 spiro atoms. The number of ether oxygens (including phenoxy) is 3. The van der Waals surface area contributed by atoms with Gasteiger partial charge < -0.3 is 14.2 Å². The zero-order valence-corrected chi connectivity index (χ0v) is 25.4. The Hall–Kier alpha value is -3.57. The number of carbonyl (C=O) groups excluding carboxylic acids is 1. The van der Waals surface area contributed by atoms with Gasteiger partial charge in [-0.25, -0.2) is 13.2 Å². The Kier molecular flexibility index (Phi) is 9.76. The van der Waals surface area contributed by atoms with Gasteiger partial charge >= 0.3 is 12.1 Å². The van der Waals surface area contributed by atoms with Gasteiger partial charge in [-0.2, -0.15) is 13.2 Å². The first-order valence-corrected chi connectivity index (χ1v) is 15.8. The van der Waals surface area contributed by atoms with E-state index in [-0.39, 0.29) is 36.0 Å². The van der Waals surface area contributed by atoms with Crippen molar-refractivity contribution in [2.24, 2.45) is 5.92 Å². The third kappa shape index (κ3) is 9.21. The fraction of sp³-hybridized carbons (Fsp3) is 0.406. The molecule has 3 aromatic carbocycles. The minimum atomic E-state index is -5.12. The molecule has 1 aliphatic rings. The lowest BCUT2D eigenvalue weighted by atomic mass is 9.95. The lowest BCUT2D eigenvalue weighted by Crippen LogP contribution is -2.47. The topological polar surface area (TPSA) is 82.1 Å². The van der Waals surface area contributed by atoms with Gasteiger partial charge in [0.2, 0.25) is 0 Å². The summed E-state index contributed by atoms with van der Waals surface area (Å²) in [4.78, 5) is 13.6. The van der Waals surface area contributed by atoms with Crippen LogP contribution in [0.5, 0.6) is 11.5 Å². The molecule has 11 heteroatoms. The van der Waals surface area contributed by atoms with Gasteiger partial charge in [0.25, 0.3) is 0 Å². The molecule has 0 N–H and O–H groups in total. The average Bonchev–Trinajstić information content (AvgIpc) is 2.92. The van der Waals surface area contributed by atoms with Crippen molar-refractivity contribution >= 4 is 15.8 Å². The van der Waals surface area contributed by atoms with E-state index in [0.717, 1.165) is 17.4 Å². The number of alkyl halides is 3. The third-order valence-corrected chi connectivity index (χ3v) is 8.03. The van der Waals surface area contributed by atoms with Crippen LogP contribution >= 0.6 is 0 Å². The fourth-order valence-electron chi connectivity index (χ4n) is 4.91. The Morgan fingerprint density at radius 3 is 2.21 bits per heavy atom. The Morgan fingerprint density at radius 1 is 0.953 bits per heavy atom. The summed E-state index contributed by atoms with van der Waals surface area (Å²) < 4.78 is 81.2. The first-order chi connectivity index (χ1) is 20.1. The van der Waals surface area contributed by atoms with Gasteiger partial charge in [-0.3, -0.25) is 4.90 Å². The van der Waals surface area contributed by atoms with Crippen LogP contribution in [0.1, 0.15) is 39.2 Å². The number of sulfone groups is 1. The molecule has 4 rings (SSSR count). The molecule has 0 aliphatic carbocycles. The van der Waals surface area contributed by atoms with Crippen LogP contribution in [-0.2, 0) is 25.9 Å². The molecule has 3 aromatic rings. The molecule has 2 unspecified atom stereocenters. The first-order valence-electron chi connectivity index (χ1n) is 13.9. The second-order valence-electron chi connectivity index (χ2n) is 11.7. The molecule has 0 aromatic heterocycles. The van der Waals surface area contributed by atoms with Crippen molar-refractivity contribution < 1.29 is 40.6 Å². The first kappa shape index (κ1) is 32.3. The number of rotatable bonds is 9. The molecule has 0 bridgehead atoms. The number of likely N-dealkylation sites (tertiary alicyclic amines) is 1. The molecule has 0 amide bonds. The lowest BCUT2D eigenvalue weighted by Gasteiger charge is -2.38. The molecule has 7 nitrogen and oxygen atoms in total. The van der Waals surface area contributed by atoms with E-state index in [1.54, 1.807) is 29.2 Å². The number of carbonyl (C=O) groups is 1. The maximum absolute atomic E-state index is 13.1. The van der Waals surface area contributed by atoms with E-state index in [9.17, 15) is 26.4 Å². The highest BCUT2D eigenvalue weighted by Crippen LogP contribution is 2.33. The Morgan fingerprint density at radius 2 is 1.60 bits per heavy atom. The highest BCUT2D eigenvalue weighted by atomic mass is 32.2. The number of hydrogen-bond acceptors (Lipinski definition) is 7. The van der Waals surface area contributed by atoms with Gasteiger partial charge in [-0.05, 0) is 74.6 Å². The van der Waals surface area contributed by atoms with Crippen LogP contribution in [0.3, 0.4) is 0 Å². The summed E-state index contributed by atoms with van der Waals surface area (Å²) in [6, 6.07) is 21.2. The summed E-state index contributed by atoms with van der Waals surface area (Å²) in [5, 5.41) is 0. The minimum Gasteiger partial charge on any atom is -0.493 e. The number of nitrogens with zero attached hydrogens (tertiary/aromatic N) is 1. The number of esters is 1. The van der Waals surface area contributed by atoms with E-state index in [2.05, 4.69) is 0 Å². The SMILES string of the molecule is CC(C)(C)Oc1ccc(CN2CCC(COc3ccc(-c4ccccc4)c(S(C)(=O)=O)c3)CC2OC(=O)C(F)(F)F)cc1. The summed E-state index contributed by atoms with van der Waals surface area (Å²) in [5.74, 6) is -1.49. The van der Waals surface area contributed by atoms with Crippen LogP contribution in [0.15, 0.2) is 77.7 Å². The third-order valence-electron chi connectivity index (χ3n) is 6.90. The molecule has 0 radical (unpaired) electrons. The van der Waals surface area contributed by atoms with Crippen LogP contribution in [0.2, 0.25) is 0 Å². The molecule has 1 saturated heterocycles. The van der Waals surface area contributed by atoms with E-state index >= 15 is 0 Å². The summed E-state index contributed by atoms with van der Waals surface area (Å²) in [6.45, 7) is 6.54. The standard InChI is InChI=1S/C32H36F3NO6S/c1-31(2,3)42-25-12-10-22(11-13-25)20-36-17-16-23(18-29(36)41-30(37)32(33,34)35)21-40-26-14-15-27(24-8-6-5-7-9-24)28(19-26)43(4,38)39/h5-15,19,23,29H,16-18,20-21H2,1-4H3. The molecular formula is C32H36F3NO6S. The van der Waals surface area contributed by atoms with Gasteiger partial charge in [-0.1, -0.05) is 42.5 Å². The van der Waals surface area contributed by atoms with Crippen molar-refractivity contribution in [3.05, 3.63) is 78.4 Å². The normalized spacial score (nSPS) is 18.2. The van der Waals surface area contributed by atoms with Crippen LogP contribution in [-0.4, -0.2) is 56.7 Å². The molecular weight excluding hydrogens is 583 g/mol. The summed E-state index contributed by atoms with van der Waals surface area (Å²) >= 11 is 0. The van der Waals surface area contributed by atoms with Crippen LogP contribution in [0.4, 0.5) is 13.2 Å². The van der Waals surface area contributed by atoms with Crippen molar-refractivity contribution in [2.75, 3.05) is 19.4 Å². The Balaban J connectivity index is 1.46. The second kappa shape index (κ2) is 13.0. The lowest BCUT2D eigenvalue weighted by molar-refractivity contribution is -0.217. The number of hydrogen-bond donors (Lipinski definition) is 0. The Bertz CT molecular complexity index is 1500. The van der Waals surface area contributed by atoms with Crippen molar-refractivity contribution in [2.45, 2.75) is 63.1 Å². The fourth-order valence-corrected chi connectivity index (χ4v) is 5.83. The number of benzene rings is 3. The molecule has 232 valence electrons. The molecule has 0 saturated carbocycles. The van der Waals surface area contributed by atoms with Crippen molar-refractivity contribution in [3.63, 3.8) is 0 Å². The number of halogens is 3. The van der Waals surface area contributed by atoms with Crippen LogP contribution < -0.4 is 9.47 Å². The molecule has 1 fully saturated rings. The van der Waals surface area contributed by atoms with Crippen molar-refractivity contribution in [1.29, 1.82) is 0 Å². The second-order valence-corrected chi connectivity index (χ2v) is 13.7. The maximum Gasteiger partial charge on any atom is 0.490 e. The van der Waals surface area contributed by atoms with Gasteiger partial charge in [0.05, 0.1) is 11.5 Å². The predicted octanol–water partition coefficient (Wildman–Crippen LogP) is 6.66. The van der Waals surface area contributed by atoms with Crippen molar-refractivity contribution in [3.8, 4) is 22.6 Å². The monoisotopic (exact) mass is 619 g/mol. The summed E-state index contributed by atoms with van der Waals surface area (Å²) in [5.41, 5.74) is 1.74. The molecule has 1 heterocycles. The van der Waals surface area contributed by atoms with E-state index in [4.69, 9.17) is 14.2 Å². The highest BCUT2D eigenvalue weighted by Gasteiger charge is 2.44. The minimum absolute atomic E-state index is 0.112. The molecule has 43 heavy (non-hydrogen) atoms. The van der Waals surface area contributed by atoms with E-state index in [0.29, 0.717) is 30.0 Å². The predicted molar refractivity (Wildman–Crippen MR) is 156 cm³/mol. The zero-order chi connectivity index (χ0) is 31.4. The van der Waals surface area contributed by atoms with Gasteiger partial charge in [0, 0.05) is 31.3 Å². The quantitative estimate of drug-likeness (QED) is 0.248. The van der Waals surface area contributed by atoms with Crippen LogP contribution in [0, 0.1) is 5.92 Å². The summed E-state index contributed by atoms with van der Waals surface area (Å²) in [6.07, 6.45) is -4.42. The van der Waals surface area contributed by atoms with Gasteiger partial charge in [-0.15, -0.1) is 0 Å². The molecule has 2 atom stereocenters. The number of piperidine rings is 1. The smallest absolute Gasteiger partial charge is 0.490 e. The summed E-state index contributed by atoms with van der Waals surface area (Å²) in [7, 11) is -3.59. The van der Waals surface area contributed by atoms with E-state index < -0.39 is 28.2 Å². The molecule has 1 aliphatic heterocycles.